The molecule has 1 heterocycles. The van der Waals surface area contributed by atoms with Gasteiger partial charge in [0.05, 0.1) is 0 Å². The lowest BCUT2D eigenvalue weighted by atomic mass is 10.1. The summed E-state index contributed by atoms with van der Waals surface area (Å²) in [5.41, 5.74) is 1.99. The van der Waals surface area contributed by atoms with E-state index in [1.807, 2.05) is 12.1 Å². The van der Waals surface area contributed by atoms with Gasteiger partial charge in [0.25, 0.3) is 5.91 Å². The molecule has 2 fully saturated rings. The molecule has 1 saturated heterocycles. The summed E-state index contributed by atoms with van der Waals surface area (Å²) in [6.07, 6.45) is 2.26. The lowest BCUT2D eigenvalue weighted by Crippen LogP contribution is -2.44. The molecule has 1 amide bonds. The zero-order valence-electron chi connectivity index (χ0n) is 11.4. The Bertz CT molecular complexity index is 445. The molecule has 102 valence electrons. The third-order valence-electron chi connectivity index (χ3n) is 3.91. The van der Waals surface area contributed by atoms with Crippen LogP contribution in [-0.2, 0) is 0 Å². The molecule has 1 aromatic carbocycles. The molecule has 0 spiro atoms. The van der Waals surface area contributed by atoms with Gasteiger partial charge >= 0.3 is 0 Å². The molecular weight excluding hydrogens is 238 g/mol. The Hall–Kier alpha value is -1.55. The van der Waals surface area contributed by atoms with E-state index >= 15 is 0 Å². The topological polar surface area (TPSA) is 35.6 Å². The van der Waals surface area contributed by atoms with E-state index < -0.39 is 0 Å². The first-order valence-electron chi connectivity index (χ1n) is 7.07. The molecule has 0 aromatic heterocycles. The second kappa shape index (κ2) is 5.21. The van der Waals surface area contributed by atoms with Gasteiger partial charge in [-0.1, -0.05) is 0 Å². The van der Waals surface area contributed by atoms with Gasteiger partial charge in [0, 0.05) is 43.5 Å². The van der Waals surface area contributed by atoms with Gasteiger partial charge in [-0.15, -0.1) is 0 Å². The highest BCUT2D eigenvalue weighted by Crippen LogP contribution is 2.20. The summed E-state index contributed by atoms with van der Waals surface area (Å²) in [5.74, 6) is 0.0624. The maximum Gasteiger partial charge on any atom is 0.251 e. The molecule has 1 aromatic rings. The Balaban J connectivity index is 1.63. The molecule has 4 nitrogen and oxygen atoms in total. The first kappa shape index (κ1) is 12.5. The molecule has 1 aliphatic carbocycles. The van der Waals surface area contributed by atoms with Crippen molar-refractivity contribution in [2.75, 3.05) is 38.1 Å². The first-order chi connectivity index (χ1) is 9.22. The van der Waals surface area contributed by atoms with Crippen LogP contribution in [0.5, 0.6) is 0 Å². The minimum absolute atomic E-state index is 0.0624. The fourth-order valence-corrected chi connectivity index (χ4v) is 2.38. The SMILES string of the molecule is CN1CCN(c2ccc(C(=O)NC3CC3)cc2)CC1. The third-order valence-corrected chi connectivity index (χ3v) is 3.91. The van der Waals surface area contributed by atoms with Gasteiger partial charge < -0.3 is 15.1 Å². The van der Waals surface area contributed by atoms with E-state index in [1.165, 1.54) is 5.69 Å². The largest absolute Gasteiger partial charge is 0.369 e. The first-order valence-corrected chi connectivity index (χ1v) is 7.07. The molecule has 0 radical (unpaired) electrons. The number of carbonyl (C=O) groups excluding carboxylic acids is 1. The molecular formula is C15H21N3O. The molecule has 0 atom stereocenters. The highest BCUT2D eigenvalue weighted by molar-refractivity contribution is 5.94. The molecule has 1 N–H and O–H groups in total. The van der Waals surface area contributed by atoms with E-state index in [4.69, 9.17) is 0 Å². The molecule has 0 unspecified atom stereocenters. The van der Waals surface area contributed by atoms with Gasteiger partial charge in [0.1, 0.15) is 0 Å². The lowest BCUT2D eigenvalue weighted by Gasteiger charge is -2.34. The van der Waals surface area contributed by atoms with E-state index in [9.17, 15) is 4.79 Å². The van der Waals surface area contributed by atoms with Crippen molar-refractivity contribution < 1.29 is 4.79 Å². The molecule has 1 aliphatic heterocycles. The number of anilines is 1. The van der Waals surface area contributed by atoms with Crippen molar-refractivity contribution in [1.82, 2.24) is 10.2 Å². The number of nitrogens with one attached hydrogen (secondary N) is 1. The number of amides is 1. The number of nitrogens with zero attached hydrogens (tertiary/aromatic N) is 2. The van der Waals surface area contributed by atoms with Crippen LogP contribution >= 0.6 is 0 Å². The number of piperazine rings is 1. The summed E-state index contributed by atoms with van der Waals surface area (Å²) in [6, 6.07) is 8.42. The maximum atomic E-state index is 11.9. The van der Waals surface area contributed by atoms with Crippen LogP contribution in [0, 0.1) is 0 Å². The number of hydrogen-bond donors (Lipinski definition) is 1. The van der Waals surface area contributed by atoms with Crippen LogP contribution in [-0.4, -0.2) is 50.1 Å². The zero-order valence-corrected chi connectivity index (χ0v) is 11.4. The number of benzene rings is 1. The highest BCUT2D eigenvalue weighted by atomic mass is 16.1. The summed E-state index contributed by atoms with van der Waals surface area (Å²) in [7, 11) is 2.16. The van der Waals surface area contributed by atoms with Crippen molar-refractivity contribution in [1.29, 1.82) is 0 Å². The van der Waals surface area contributed by atoms with Crippen LogP contribution in [0.2, 0.25) is 0 Å². The van der Waals surface area contributed by atoms with Crippen molar-refractivity contribution in [3.05, 3.63) is 29.8 Å². The van der Waals surface area contributed by atoms with Crippen LogP contribution in [0.1, 0.15) is 23.2 Å². The van der Waals surface area contributed by atoms with Gasteiger partial charge in [0.15, 0.2) is 0 Å². The standard InChI is InChI=1S/C15H21N3O/c1-17-8-10-18(11-9-17)14-6-2-12(3-7-14)15(19)16-13-4-5-13/h2-3,6-7,13H,4-5,8-11H2,1H3,(H,16,19). The van der Waals surface area contributed by atoms with Crippen molar-refractivity contribution in [2.45, 2.75) is 18.9 Å². The predicted octanol–water partition coefficient (Wildman–Crippen LogP) is 1.33. The summed E-state index contributed by atoms with van der Waals surface area (Å²) in [6.45, 7) is 4.32. The summed E-state index contributed by atoms with van der Waals surface area (Å²) in [5, 5.41) is 3.02. The van der Waals surface area contributed by atoms with Crippen molar-refractivity contribution >= 4 is 11.6 Å². The van der Waals surface area contributed by atoms with E-state index in [0.29, 0.717) is 6.04 Å². The number of hydrogen-bond acceptors (Lipinski definition) is 3. The van der Waals surface area contributed by atoms with E-state index in [1.54, 1.807) is 0 Å². The van der Waals surface area contributed by atoms with E-state index in [0.717, 1.165) is 44.6 Å². The second-order valence-electron chi connectivity index (χ2n) is 5.58. The molecule has 3 rings (SSSR count). The fourth-order valence-electron chi connectivity index (χ4n) is 2.38. The van der Waals surface area contributed by atoms with Crippen molar-refractivity contribution in [3.63, 3.8) is 0 Å². The van der Waals surface area contributed by atoms with Gasteiger partial charge in [0.2, 0.25) is 0 Å². The molecule has 4 heteroatoms. The fraction of sp³-hybridized carbons (Fsp3) is 0.533. The van der Waals surface area contributed by atoms with Crippen LogP contribution in [0.4, 0.5) is 5.69 Å². The van der Waals surface area contributed by atoms with Crippen LogP contribution < -0.4 is 10.2 Å². The highest BCUT2D eigenvalue weighted by Gasteiger charge is 2.23. The molecule has 19 heavy (non-hydrogen) atoms. The Morgan fingerprint density at radius 1 is 1.11 bits per heavy atom. The molecule has 2 aliphatic rings. The average molecular weight is 259 g/mol. The van der Waals surface area contributed by atoms with Crippen molar-refractivity contribution in [3.8, 4) is 0 Å². The normalized spacial score (nSPS) is 20.4. The Kier molecular flexibility index (Phi) is 3.42. The van der Waals surface area contributed by atoms with Crippen molar-refractivity contribution in [2.24, 2.45) is 0 Å². The van der Waals surface area contributed by atoms with E-state index in [-0.39, 0.29) is 5.91 Å². The third kappa shape index (κ3) is 3.07. The van der Waals surface area contributed by atoms with Gasteiger partial charge in [-0.2, -0.15) is 0 Å². The summed E-state index contributed by atoms with van der Waals surface area (Å²) >= 11 is 0. The van der Waals surface area contributed by atoms with Crippen LogP contribution in [0.25, 0.3) is 0 Å². The monoisotopic (exact) mass is 259 g/mol. The summed E-state index contributed by atoms with van der Waals surface area (Å²) < 4.78 is 0. The Labute approximate surface area is 114 Å². The second-order valence-corrected chi connectivity index (χ2v) is 5.58. The number of carbonyl (C=O) groups is 1. The van der Waals surface area contributed by atoms with Crippen LogP contribution in [0.15, 0.2) is 24.3 Å². The smallest absolute Gasteiger partial charge is 0.251 e. The van der Waals surface area contributed by atoms with Crippen LogP contribution in [0.3, 0.4) is 0 Å². The maximum absolute atomic E-state index is 11.9. The van der Waals surface area contributed by atoms with Gasteiger partial charge in [-0.25, -0.2) is 0 Å². The number of rotatable bonds is 3. The average Bonchev–Trinajstić information content (AvgIpc) is 3.24. The quantitative estimate of drug-likeness (QED) is 0.889. The summed E-state index contributed by atoms with van der Waals surface area (Å²) in [4.78, 5) is 16.6. The zero-order chi connectivity index (χ0) is 13.2. The predicted molar refractivity (Wildman–Crippen MR) is 76.6 cm³/mol. The Morgan fingerprint density at radius 3 is 2.32 bits per heavy atom. The minimum atomic E-state index is 0.0624. The number of likely N-dealkylation sites (N-methyl/N-ethyl adjacent to an activating group) is 1. The lowest BCUT2D eigenvalue weighted by molar-refractivity contribution is 0.0951. The minimum Gasteiger partial charge on any atom is -0.369 e. The molecule has 0 bridgehead atoms. The van der Waals surface area contributed by atoms with Gasteiger partial charge in [-0.3, -0.25) is 4.79 Å². The Morgan fingerprint density at radius 2 is 1.74 bits per heavy atom. The van der Waals surface area contributed by atoms with Gasteiger partial charge in [-0.05, 0) is 44.2 Å². The molecule has 1 saturated carbocycles. The van der Waals surface area contributed by atoms with E-state index in [2.05, 4.69) is 34.3 Å².